The molecule has 0 fully saturated rings. The monoisotopic (exact) mass is 415 g/mol. The molecule has 0 saturated carbocycles. The van der Waals surface area contributed by atoms with Gasteiger partial charge in [-0.25, -0.2) is 4.39 Å². The van der Waals surface area contributed by atoms with Gasteiger partial charge in [-0.3, -0.25) is 0 Å². The first kappa shape index (κ1) is 16.5. The second-order valence-electron chi connectivity index (χ2n) is 4.73. The zero-order chi connectivity index (χ0) is 15.4. The van der Waals surface area contributed by atoms with Crippen LogP contribution in [0.1, 0.15) is 24.1 Å². The summed E-state index contributed by atoms with van der Waals surface area (Å²) in [6.45, 7) is 2.52. The van der Waals surface area contributed by atoms with Gasteiger partial charge in [0.2, 0.25) is 0 Å². The zero-order valence-corrected chi connectivity index (χ0v) is 15.0. The van der Waals surface area contributed by atoms with Crippen LogP contribution >= 0.6 is 31.9 Å². The molecule has 0 radical (unpaired) electrons. The van der Waals surface area contributed by atoms with Crippen LogP contribution < -0.4 is 10.1 Å². The summed E-state index contributed by atoms with van der Waals surface area (Å²) < 4.78 is 20.6. The molecule has 2 aromatic rings. The smallest absolute Gasteiger partial charge is 0.133 e. The summed E-state index contributed by atoms with van der Waals surface area (Å²) in [5.41, 5.74) is 1.76. The van der Waals surface area contributed by atoms with E-state index in [1.807, 2.05) is 31.2 Å². The van der Waals surface area contributed by atoms with E-state index in [0.717, 1.165) is 20.3 Å². The predicted octanol–water partition coefficient (Wildman–Crippen LogP) is 5.21. The maximum Gasteiger partial charge on any atom is 0.133 e. The topological polar surface area (TPSA) is 21.3 Å². The van der Waals surface area contributed by atoms with Crippen LogP contribution in [0.25, 0.3) is 0 Å². The number of hydrogen-bond acceptors (Lipinski definition) is 2. The Kier molecular flexibility index (Phi) is 5.79. The SMILES string of the molecule is COc1ccc(C(C)NCc2ccc(Br)cc2F)cc1Br. The van der Waals surface area contributed by atoms with E-state index in [1.165, 1.54) is 6.07 Å². The van der Waals surface area contributed by atoms with Gasteiger partial charge in [-0.1, -0.05) is 28.1 Å². The second-order valence-corrected chi connectivity index (χ2v) is 6.50. The highest BCUT2D eigenvalue weighted by molar-refractivity contribution is 9.10. The number of hydrogen-bond donors (Lipinski definition) is 1. The molecule has 0 spiro atoms. The zero-order valence-electron chi connectivity index (χ0n) is 11.8. The summed E-state index contributed by atoms with van der Waals surface area (Å²) >= 11 is 6.73. The van der Waals surface area contributed by atoms with Crippen LogP contribution in [0.4, 0.5) is 4.39 Å². The summed E-state index contributed by atoms with van der Waals surface area (Å²) in [4.78, 5) is 0. The van der Waals surface area contributed by atoms with Gasteiger partial charge in [0.1, 0.15) is 11.6 Å². The average Bonchev–Trinajstić information content (AvgIpc) is 2.46. The fourth-order valence-electron chi connectivity index (χ4n) is 2.00. The lowest BCUT2D eigenvalue weighted by molar-refractivity contribution is 0.411. The Hall–Kier alpha value is -0.910. The highest BCUT2D eigenvalue weighted by Gasteiger charge is 2.09. The summed E-state index contributed by atoms with van der Waals surface area (Å²) in [6.07, 6.45) is 0. The molecule has 0 aliphatic rings. The molecule has 1 unspecified atom stereocenters. The molecule has 112 valence electrons. The average molecular weight is 417 g/mol. The summed E-state index contributed by atoms with van der Waals surface area (Å²) in [7, 11) is 1.64. The Morgan fingerprint density at radius 1 is 1.19 bits per heavy atom. The summed E-state index contributed by atoms with van der Waals surface area (Å²) in [6, 6.07) is 11.1. The first-order valence-corrected chi connectivity index (χ1v) is 8.10. The van der Waals surface area contributed by atoms with Gasteiger partial charge in [0, 0.05) is 22.6 Å². The molecule has 0 aromatic heterocycles. The fourth-order valence-corrected chi connectivity index (χ4v) is 2.89. The molecule has 2 nitrogen and oxygen atoms in total. The van der Waals surface area contributed by atoms with E-state index in [-0.39, 0.29) is 11.9 Å². The van der Waals surface area contributed by atoms with Gasteiger partial charge in [-0.2, -0.15) is 0 Å². The van der Waals surface area contributed by atoms with Crippen molar-refractivity contribution in [2.75, 3.05) is 7.11 Å². The molecule has 0 bridgehead atoms. The van der Waals surface area contributed by atoms with Crippen LogP contribution in [0, 0.1) is 5.82 Å². The minimum Gasteiger partial charge on any atom is -0.496 e. The van der Waals surface area contributed by atoms with Crippen LogP contribution in [-0.2, 0) is 6.54 Å². The van der Waals surface area contributed by atoms with Crippen LogP contribution in [0.3, 0.4) is 0 Å². The van der Waals surface area contributed by atoms with Crippen molar-refractivity contribution in [2.45, 2.75) is 19.5 Å². The van der Waals surface area contributed by atoms with Crippen LogP contribution in [0.2, 0.25) is 0 Å². The van der Waals surface area contributed by atoms with E-state index >= 15 is 0 Å². The van der Waals surface area contributed by atoms with Crippen LogP contribution in [-0.4, -0.2) is 7.11 Å². The van der Waals surface area contributed by atoms with Gasteiger partial charge in [-0.15, -0.1) is 0 Å². The van der Waals surface area contributed by atoms with E-state index in [2.05, 4.69) is 37.2 Å². The molecular weight excluding hydrogens is 401 g/mol. The third-order valence-corrected chi connectivity index (χ3v) is 4.40. The van der Waals surface area contributed by atoms with Gasteiger partial charge in [0.25, 0.3) is 0 Å². The molecule has 0 aliphatic heterocycles. The molecular formula is C16H16Br2FNO. The minimum absolute atomic E-state index is 0.107. The summed E-state index contributed by atoms with van der Waals surface area (Å²) in [5.74, 6) is 0.588. The number of benzene rings is 2. The van der Waals surface area contributed by atoms with Crippen LogP contribution in [0.15, 0.2) is 45.3 Å². The Morgan fingerprint density at radius 2 is 1.95 bits per heavy atom. The number of ether oxygens (including phenoxy) is 1. The molecule has 1 N–H and O–H groups in total. The number of nitrogens with one attached hydrogen (secondary N) is 1. The number of halogens is 3. The van der Waals surface area contributed by atoms with E-state index in [0.29, 0.717) is 12.1 Å². The van der Waals surface area contributed by atoms with Crippen molar-refractivity contribution in [3.8, 4) is 5.75 Å². The van der Waals surface area contributed by atoms with Crippen molar-refractivity contribution in [1.82, 2.24) is 5.32 Å². The van der Waals surface area contributed by atoms with Gasteiger partial charge in [0.05, 0.1) is 11.6 Å². The lowest BCUT2D eigenvalue weighted by Gasteiger charge is -2.16. The maximum absolute atomic E-state index is 13.8. The van der Waals surface area contributed by atoms with Crippen molar-refractivity contribution in [2.24, 2.45) is 0 Å². The quantitative estimate of drug-likeness (QED) is 0.722. The summed E-state index contributed by atoms with van der Waals surface area (Å²) in [5, 5.41) is 3.32. The van der Waals surface area contributed by atoms with Crippen molar-refractivity contribution in [1.29, 1.82) is 0 Å². The molecule has 0 amide bonds. The lowest BCUT2D eigenvalue weighted by atomic mass is 10.1. The predicted molar refractivity (Wildman–Crippen MR) is 90.0 cm³/mol. The number of rotatable bonds is 5. The van der Waals surface area contributed by atoms with Gasteiger partial charge >= 0.3 is 0 Å². The van der Waals surface area contributed by atoms with Crippen molar-refractivity contribution in [3.05, 3.63) is 62.3 Å². The second kappa shape index (κ2) is 7.38. The Bertz CT molecular complexity index is 634. The van der Waals surface area contributed by atoms with E-state index in [1.54, 1.807) is 13.2 Å². The first-order valence-electron chi connectivity index (χ1n) is 6.52. The lowest BCUT2D eigenvalue weighted by Crippen LogP contribution is -2.18. The van der Waals surface area contributed by atoms with E-state index < -0.39 is 0 Å². The van der Waals surface area contributed by atoms with Gasteiger partial charge in [-0.05, 0) is 52.7 Å². The minimum atomic E-state index is -0.208. The Labute approximate surface area is 141 Å². The molecule has 5 heteroatoms. The van der Waals surface area contributed by atoms with Gasteiger partial charge < -0.3 is 10.1 Å². The largest absolute Gasteiger partial charge is 0.496 e. The van der Waals surface area contributed by atoms with Crippen LogP contribution in [0.5, 0.6) is 5.75 Å². The third-order valence-electron chi connectivity index (χ3n) is 3.29. The van der Waals surface area contributed by atoms with Gasteiger partial charge in [0.15, 0.2) is 0 Å². The van der Waals surface area contributed by atoms with Crippen molar-refractivity contribution >= 4 is 31.9 Å². The molecule has 21 heavy (non-hydrogen) atoms. The standard InChI is InChI=1S/C16H16Br2FNO/c1-10(11-4-6-16(21-2)14(18)7-11)20-9-12-3-5-13(17)8-15(12)19/h3-8,10,20H,9H2,1-2H3. The molecule has 2 aromatic carbocycles. The third kappa shape index (κ3) is 4.28. The number of methoxy groups -OCH3 is 1. The molecule has 0 saturated heterocycles. The van der Waals surface area contributed by atoms with E-state index in [9.17, 15) is 4.39 Å². The molecule has 0 aliphatic carbocycles. The molecule has 2 rings (SSSR count). The Balaban J connectivity index is 2.04. The Morgan fingerprint density at radius 3 is 2.57 bits per heavy atom. The fraction of sp³-hybridized carbons (Fsp3) is 0.250. The molecule has 1 atom stereocenters. The normalized spacial score (nSPS) is 12.2. The van der Waals surface area contributed by atoms with E-state index in [4.69, 9.17) is 4.74 Å². The molecule has 0 heterocycles. The maximum atomic E-state index is 13.8. The highest BCUT2D eigenvalue weighted by Crippen LogP contribution is 2.28. The van der Waals surface area contributed by atoms with Crippen molar-refractivity contribution < 1.29 is 9.13 Å². The highest BCUT2D eigenvalue weighted by atomic mass is 79.9. The van der Waals surface area contributed by atoms with Crippen molar-refractivity contribution in [3.63, 3.8) is 0 Å². The first-order chi connectivity index (χ1) is 10.0.